The van der Waals surface area contributed by atoms with Crippen molar-refractivity contribution in [1.29, 1.82) is 0 Å². The summed E-state index contributed by atoms with van der Waals surface area (Å²) < 4.78 is 2.32. The molecule has 3 nitrogen and oxygen atoms in total. The smallest absolute Gasteiger partial charge is 0.123 e. The molecule has 2 aromatic rings. The fraction of sp³-hybridized carbons (Fsp3) is 0.615. The van der Waals surface area contributed by atoms with E-state index < -0.39 is 0 Å². The highest BCUT2D eigenvalue weighted by molar-refractivity contribution is 7.17. The molecule has 0 radical (unpaired) electrons. The SMILES string of the molecule is Cc1sc2c(C3CCCNC3)nc(C)n2c1C. The molecule has 92 valence electrons. The van der Waals surface area contributed by atoms with E-state index >= 15 is 0 Å². The maximum Gasteiger partial charge on any atom is 0.123 e. The van der Waals surface area contributed by atoms with Crippen LogP contribution in [0.15, 0.2) is 0 Å². The topological polar surface area (TPSA) is 29.3 Å². The molecule has 1 aliphatic rings. The van der Waals surface area contributed by atoms with E-state index in [2.05, 4.69) is 30.5 Å². The molecule has 0 amide bonds. The van der Waals surface area contributed by atoms with Crippen molar-refractivity contribution in [3.63, 3.8) is 0 Å². The molecular formula is C13H19N3S. The van der Waals surface area contributed by atoms with E-state index in [-0.39, 0.29) is 0 Å². The van der Waals surface area contributed by atoms with Gasteiger partial charge in [-0.15, -0.1) is 11.3 Å². The van der Waals surface area contributed by atoms with E-state index in [9.17, 15) is 0 Å². The Hall–Kier alpha value is -0.870. The number of aryl methyl sites for hydroxylation is 3. The first-order chi connectivity index (χ1) is 8.18. The van der Waals surface area contributed by atoms with Gasteiger partial charge in [-0.1, -0.05) is 0 Å². The minimum Gasteiger partial charge on any atom is -0.316 e. The molecule has 0 spiro atoms. The maximum atomic E-state index is 4.81. The first-order valence-electron chi connectivity index (χ1n) is 6.34. The van der Waals surface area contributed by atoms with Crippen molar-refractivity contribution in [3.8, 4) is 0 Å². The largest absolute Gasteiger partial charge is 0.316 e. The van der Waals surface area contributed by atoms with Crippen molar-refractivity contribution in [2.75, 3.05) is 13.1 Å². The molecule has 0 aromatic carbocycles. The van der Waals surface area contributed by atoms with Gasteiger partial charge in [-0.3, -0.25) is 4.40 Å². The van der Waals surface area contributed by atoms with Gasteiger partial charge in [0.1, 0.15) is 10.7 Å². The molecule has 2 aromatic heterocycles. The van der Waals surface area contributed by atoms with Gasteiger partial charge in [0.05, 0.1) is 5.69 Å². The molecule has 1 N–H and O–H groups in total. The van der Waals surface area contributed by atoms with E-state index in [1.54, 1.807) is 0 Å². The Morgan fingerprint density at radius 2 is 2.18 bits per heavy atom. The van der Waals surface area contributed by atoms with Crippen LogP contribution >= 0.6 is 11.3 Å². The summed E-state index contributed by atoms with van der Waals surface area (Å²) in [5.74, 6) is 1.74. The molecule has 0 saturated carbocycles. The number of hydrogen-bond donors (Lipinski definition) is 1. The Bertz CT molecular complexity index is 546. The molecule has 4 heteroatoms. The number of hydrogen-bond acceptors (Lipinski definition) is 3. The van der Waals surface area contributed by atoms with Crippen LogP contribution in [0.4, 0.5) is 0 Å². The van der Waals surface area contributed by atoms with Crippen LogP contribution in [0, 0.1) is 20.8 Å². The zero-order chi connectivity index (χ0) is 12.0. The molecule has 1 aliphatic heterocycles. The summed E-state index contributed by atoms with van der Waals surface area (Å²) in [5.41, 5.74) is 2.67. The van der Waals surface area contributed by atoms with E-state index in [1.807, 2.05) is 11.3 Å². The Kier molecular flexibility index (Phi) is 2.71. The lowest BCUT2D eigenvalue weighted by Gasteiger charge is -2.20. The van der Waals surface area contributed by atoms with Crippen LogP contribution in [0.1, 0.15) is 40.8 Å². The average molecular weight is 249 g/mol. The number of rotatable bonds is 1. The first-order valence-corrected chi connectivity index (χ1v) is 7.16. The highest BCUT2D eigenvalue weighted by Gasteiger charge is 2.23. The lowest BCUT2D eigenvalue weighted by Crippen LogP contribution is -2.28. The number of fused-ring (bicyclic) bond motifs is 1. The molecule has 17 heavy (non-hydrogen) atoms. The molecule has 0 bridgehead atoms. The quantitative estimate of drug-likeness (QED) is 0.842. The van der Waals surface area contributed by atoms with Crippen LogP contribution in [0.25, 0.3) is 4.83 Å². The second-order valence-corrected chi connectivity index (χ2v) is 6.17. The molecule has 1 fully saturated rings. The summed E-state index contributed by atoms with van der Waals surface area (Å²) in [7, 11) is 0. The third kappa shape index (κ3) is 1.70. The third-order valence-electron chi connectivity index (χ3n) is 3.81. The van der Waals surface area contributed by atoms with Crippen LogP contribution in [-0.2, 0) is 0 Å². The maximum absolute atomic E-state index is 4.81. The monoisotopic (exact) mass is 249 g/mol. The lowest BCUT2D eigenvalue weighted by atomic mass is 9.97. The van der Waals surface area contributed by atoms with Crippen LogP contribution in [0.2, 0.25) is 0 Å². The van der Waals surface area contributed by atoms with Crippen LogP contribution in [-0.4, -0.2) is 22.5 Å². The summed E-state index contributed by atoms with van der Waals surface area (Å²) in [5, 5.41) is 3.48. The van der Waals surface area contributed by atoms with Crippen LogP contribution < -0.4 is 5.32 Å². The van der Waals surface area contributed by atoms with Gasteiger partial charge in [0.15, 0.2) is 0 Å². The highest BCUT2D eigenvalue weighted by atomic mass is 32.1. The van der Waals surface area contributed by atoms with Crippen molar-refractivity contribution in [3.05, 3.63) is 22.1 Å². The van der Waals surface area contributed by atoms with E-state index in [1.165, 1.54) is 33.9 Å². The van der Waals surface area contributed by atoms with Gasteiger partial charge in [-0.05, 0) is 40.2 Å². The molecule has 1 atom stereocenters. The summed E-state index contributed by atoms with van der Waals surface area (Å²) in [6.45, 7) is 8.76. The van der Waals surface area contributed by atoms with Crippen LogP contribution in [0.5, 0.6) is 0 Å². The Labute approximate surface area is 106 Å². The molecule has 3 rings (SSSR count). The second-order valence-electron chi connectivity index (χ2n) is 4.97. The zero-order valence-corrected chi connectivity index (χ0v) is 11.5. The summed E-state index contributed by atoms with van der Waals surface area (Å²) >= 11 is 1.89. The number of piperidine rings is 1. The Morgan fingerprint density at radius 1 is 1.35 bits per heavy atom. The van der Waals surface area contributed by atoms with Crippen molar-refractivity contribution < 1.29 is 0 Å². The van der Waals surface area contributed by atoms with E-state index in [0.717, 1.165) is 18.9 Å². The number of imidazole rings is 1. The molecule has 1 saturated heterocycles. The number of aromatic nitrogens is 2. The predicted octanol–water partition coefficient (Wildman–Crippen LogP) is 2.79. The third-order valence-corrected chi connectivity index (χ3v) is 4.99. The standard InChI is InChI=1S/C13H19N3S/c1-8-9(2)17-13-12(15-10(3)16(8)13)11-5-4-6-14-7-11/h11,14H,4-7H2,1-3H3. The average Bonchev–Trinajstić information content (AvgIpc) is 2.81. The van der Waals surface area contributed by atoms with Gasteiger partial charge in [-0.2, -0.15) is 0 Å². The first kappa shape index (κ1) is 11.2. The minimum absolute atomic E-state index is 0.602. The Balaban J connectivity index is 2.13. The second kappa shape index (κ2) is 4.10. The van der Waals surface area contributed by atoms with E-state index in [4.69, 9.17) is 4.98 Å². The number of nitrogens with zero attached hydrogens (tertiary/aromatic N) is 2. The number of nitrogens with one attached hydrogen (secondary N) is 1. The van der Waals surface area contributed by atoms with Crippen molar-refractivity contribution >= 4 is 16.2 Å². The fourth-order valence-electron chi connectivity index (χ4n) is 2.75. The molecule has 1 unspecified atom stereocenters. The summed E-state index contributed by atoms with van der Waals surface area (Å²) in [6, 6.07) is 0. The van der Waals surface area contributed by atoms with Gasteiger partial charge >= 0.3 is 0 Å². The normalized spacial score (nSPS) is 21.2. The van der Waals surface area contributed by atoms with Crippen LogP contribution in [0.3, 0.4) is 0 Å². The minimum atomic E-state index is 0.602. The van der Waals surface area contributed by atoms with E-state index in [0.29, 0.717) is 5.92 Å². The number of thiazole rings is 1. The Morgan fingerprint density at radius 3 is 2.88 bits per heavy atom. The van der Waals surface area contributed by atoms with Crippen molar-refractivity contribution in [2.45, 2.75) is 39.5 Å². The van der Waals surface area contributed by atoms with Gasteiger partial charge in [0.25, 0.3) is 0 Å². The summed E-state index contributed by atoms with van der Waals surface area (Å²) in [6.07, 6.45) is 2.54. The van der Waals surface area contributed by atoms with Gasteiger partial charge in [0.2, 0.25) is 0 Å². The summed E-state index contributed by atoms with van der Waals surface area (Å²) in [4.78, 5) is 7.59. The van der Waals surface area contributed by atoms with Gasteiger partial charge < -0.3 is 5.32 Å². The van der Waals surface area contributed by atoms with Gasteiger partial charge in [-0.25, -0.2) is 4.98 Å². The van der Waals surface area contributed by atoms with Gasteiger partial charge in [0, 0.05) is 23.0 Å². The van der Waals surface area contributed by atoms with Crippen molar-refractivity contribution in [2.24, 2.45) is 0 Å². The van der Waals surface area contributed by atoms with Crippen molar-refractivity contribution in [1.82, 2.24) is 14.7 Å². The fourth-order valence-corrected chi connectivity index (χ4v) is 3.96. The molecule has 0 aliphatic carbocycles. The predicted molar refractivity (Wildman–Crippen MR) is 72.1 cm³/mol. The zero-order valence-electron chi connectivity index (χ0n) is 10.7. The highest BCUT2D eigenvalue weighted by Crippen LogP contribution is 2.33. The lowest BCUT2D eigenvalue weighted by molar-refractivity contribution is 0.457. The molecular weight excluding hydrogens is 230 g/mol. The molecule has 3 heterocycles.